The third-order valence-corrected chi connectivity index (χ3v) is 3.63. The number of aromatic nitrogens is 2. The summed E-state index contributed by atoms with van der Waals surface area (Å²) in [6, 6.07) is 12.0. The van der Waals surface area contributed by atoms with Crippen LogP contribution in [0, 0.1) is 0 Å². The molecule has 0 aliphatic heterocycles. The molecule has 0 bridgehead atoms. The van der Waals surface area contributed by atoms with E-state index in [-0.39, 0.29) is 11.5 Å². The first-order valence-electron chi connectivity index (χ1n) is 7.79. The van der Waals surface area contributed by atoms with Crippen molar-refractivity contribution in [2.24, 2.45) is 0 Å². The second-order valence-electron chi connectivity index (χ2n) is 5.51. The van der Waals surface area contributed by atoms with Crippen LogP contribution in [0.5, 0.6) is 5.75 Å². The fraction of sp³-hybridized carbons (Fsp3) is 0.111. The molecule has 3 aromatic rings. The molecule has 1 heterocycles. The van der Waals surface area contributed by atoms with Crippen LogP contribution in [0.4, 0.5) is 18.9 Å². The lowest BCUT2D eigenvalue weighted by atomic mass is 10.1. The van der Waals surface area contributed by atoms with Gasteiger partial charge in [0.05, 0.1) is 7.11 Å². The number of nitrogens with zero attached hydrogens (tertiary/aromatic N) is 2. The molecule has 0 saturated heterocycles. The van der Waals surface area contributed by atoms with Gasteiger partial charge in [-0.3, -0.25) is 9.59 Å². The van der Waals surface area contributed by atoms with E-state index in [1.807, 2.05) is 0 Å². The first-order chi connectivity index (χ1) is 13.3. The van der Waals surface area contributed by atoms with Crippen molar-refractivity contribution in [1.82, 2.24) is 10.1 Å². The molecule has 0 saturated carbocycles. The minimum Gasteiger partial charge on any atom is -0.497 e. The SMILES string of the molecule is COc1ccc(C(=O)Nc2ccc(C(=O)c3noc(C(F)(F)F)n3)cc2)cc1. The predicted molar refractivity (Wildman–Crippen MR) is 90.1 cm³/mol. The number of halogens is 3. The van der Waals surface area contributed by atoms with Gasteiger partial charge < -0.3 is 14.6 Å². The highest BCUT2D eigenvalue weighted by molar-refractivity contribution is 6.07. The number of hydrogen-bond acceptors (Lipinski definition) is 6. The summed E-state index contributed by atoms with van der Waals surface area (Å²) in [4.78, 5) is 27.4. The third kappa shape index (κ3) is 4.17. The molecule has 1 aromatic heterocycles. The van der Waals surface area contributed by atoms with Gasteiger partial charge in [0, 0.05) is 16.8 Å². The molecular formula is C18H12F3N3O4. The Bertz CT molecular complexity index is 996. The number of benzene rings is 2. The molecule has 144 valence electrons. The van der Waals surface area contributed by atoms with E-state index in [0.717, 1.165) is 0 Å². The van der Waals surface area contributed by atoms with Gasteiger partial charge in [-0.15, -0.1) is 0 Å². The molecule has 0 fully saturated rings. The maximum Gasteiger partial charge on any atom is 0.471 e. The van der Waals surface area contributed by atoms with Crippen molar-refractivity contribution in [3.8, 4) is 5.75 Å². The summed E-state index contributed by atoms with van der Waals surface area (Å²) < 4.78 is 46.5. The number of carbonyl (C=O) groups excluding carboxylic acids is 2. The van der Waals surface area contributed by atoms with E-state index in [1.54, 1.807) is 24.3 Å². The number of ketones is 1. The van der Waals surface area contributed by atoms with Gasteiger partial charge in [-0.25, -0.2) is 0 Å². The van der Waals surface area contributed by atoms with Crippen molar-refractivity contribution in [3.63, 3.8) is 0 Å². The number of alkyl halides is 3. The zero-order valence-corrected chi connectivity index (χ0v) is 14.3. The zero-order valence-electron chi connectivity index (χ0n) is 14.3. The summed E-state index contributed by atoms with van der Waals surface area (Å²) in [6.07, 6.45) is -4.83. The largest absolute Gasteiger partial charge is 0.497 e. The monoisotopic (exact) mass is 391 g/mol. The topological polar surface area (TPSA) is 94.3 Å². The van der Waals surface area contributed by atoms with E-state index in [9.17, 15) is 22.8 Å². The second-order valence-corrected chi connectivity index (χ2v) is 5.51. The molecule has 28 heavy (non-hydrogen) atoms. The Morgan fingerprint density at radius 3 is 2.14 bits per heavy atom. The van der Waals surface area contributed by atoms with Crippen molar-refractivity contribution in [2.75, 3.05) is 12.4 Å². The molecule has 2 aromatic carbocycles. The standard InChI is InChI=1S/C18H12F3N3O4/c1-27-13-8-4-11(5-9-13)16(26)22-12-6-2-10(3-7-12)14(25)15-23-17(28-24-15)18(19,20)21/h2-9H,1H3,(H,22,26). The Labute approximate surface area is 156 Å². The number of nitrogens with one attached hydrogen (secondary N) is 1. The molecule has 0 radical (unpaired) electrons. The summed E-state index contributed by atoms with van der Waals surface area (Å²) >= 11 is 0. The molecule has 10 heteroatoms. The average molecular weight is 391 g/mol. The lowest BCUT2D eigenvalue weighted by molar-refractivity contribution is -0.159. The van der Waals surface area contributed by atoms with Gasteiger partial charge in [-0.05, 0) is 48.5 Å². The number of methoxy groups -OCH3 is 1. The quantitative estimate of drug-likeness (QED) is 0.668. The van der Waals surface area contributed by atoms with Crippen molar-refractivity contribution >= 4 is 17.4 Å². The van der Waals surface area contributed by atoms with Gasteiger partial charge in [-0.2, -0.15) is 18.2 Å². The highest BCUT2D eigenvalue weighted by atomic mass is 19.4. The number of amides is 1. The molecule has 1 amide bonds. The zero-order chi connectivity index (χ0) is 20.3. The van der Waals surface area contributed by atoms with Crippen LogP contribution < -0.4 is 10.1 Å². The highest BCUT2D eigenvalue weighted by Crippen LogP contribution is 2.27. The van der Waals surface area contributed by atoms with E-state index < -0.39 is 23.7 Å². The van der Waals surface area contributed by atoms with Gasteiger partial charge in [0.15, 0.2) is 0 Å². The van der Waals surface area contributed by atoms with Crippen LogP contribution in [0.15, 0.2) is 53.1 Å². The summed E-state index contributed by atoms with van der Waals surface area (Å²) in [6.45, 7) is 0. The highest BCUT2D eigenvalue weighted by Gasteiger charge is 2.39. The second kappa shape index (κ2) is 7.51. The fourth-order valence-electron chi connectivity index (χ4n) is 2.21. The number of hydrogen-bond donors (Lipinski definition) is 1. The number of ether oxygens (including phenoxy) is 1. The first kappa shape index (κ1) is 19.1. The Hall–Kier alpha value is -3.69. The molecule has 0 unspecified atom stereocenters. The van der Waals surface area contributed by atoms with Crippen LogP contribution in [-0.4, -0.2) is 28.9 Å². The molecule has 0 aliphatic carbocycles. The van der Waals surface area contributed by atoms with E-state index in [2.05, 4.69) is 20.0 Å². The molecule has 0 atom stereocenters. The smallest absolute Gasteiger partial charge is 0.471 e. The van der Waals surface area contributed by atoms with Gasteiger partial charge >= 0.3 is 12.1 Å². The van der Waals surface area contributed by atoms with Gasteiger partial charge in [0.25, 0.3) is 5.91 Å². The normalized spacial score (nSPS) is 11.1. The van der Waals surface area contributed by atoms with Crippen LogP contribution in [0.2, 0.25) is 0 Å². The van der Waals surface area contributed by atoms with Gasteiger partial charge in [0.1, 0.15) is 5.75 Å². The maximum atomic E-state index is 12.5. The minimum absolute atomic E-state index is 0.0389. The third-order valence-electron chi connectivity index (χ3n) is 3.63. The molecule has 0 spiro atoms. The van der Waals surface area contributed by atoms with Gasteiger partial charge in [-0.1, -0.05) is 5.16 Å². The Morgan fingerprint density at radius 1 is 1.00 bits per heavy atom. The van der Waals surface area contributed by atoms with Crippen LogP contribution in [-0.2, 0) is 6.18 Å². The number of carbonyl (C=O) groups is 2. The fourth-order valence-corrected chi connectivity index (χ4v) is 2.21. The molecule has 1 N–H and O–H groups in total. The van der Waals surface area contributed by atoms with Crippen molar-refractivity contribution in [1.29, 1.82) is 0 Å². The maximum absolute atomic E-state index is 12.5. The Morgan fingerprint density at radius 2 is 1.61 bits per heavy atom. The molecule has 0 aliphatic rings. The Kier molecular flexibility index (Phi) is 5.12. The molecule has 7 nitrogen and oxygen atoms in total. The average Bonchev–Trinajstić information content (AvgIpc) is 3.19. The van der Waals surface area contributed by atoms with Crippen molar-refractivity contribution in [3.05, 3.63) is 71.4 Å². The van der Waals surface area contributed by atoms with E-state index in [4.69, 9.17) is 4.74 Å². The van der Waals surface area contributed by atoms with E-state index in [0.29, 0.717) is 17.0 Å². The van der Waals surface area contributed by atoms with E-state index in [1.165, 1.54) is 31.4 Å². The van der Waals surface area contributed by atoms with Crippen LogP contribution in [0.25, 0.3) is 0 Å². The van der Waals surface area contributed by atoms with Crippen molar-refractivity contribution < 1.29 is 32.0 Å². The van der Waals surface area contributed by atoms with Gasteiger partial charge in [0.2, 0.25) is 11.6 Å². The van der Waals surface area contributed by atoms with E-state index >= 15 is 0 Å². The van der Waals surface area contributed by atoms with Crippen LogP contribution in [0.3, 0.4) is 0 Å². The van der Waals surface area contributed by atoms with Crippen LogP contribution >= 0.6 is 0 Å². The lowest BCUT2D eigenvalue weighted by Gasteiger charge is -2.06. The number of anilines is 1. The first-order valence-corrected chi connectivity index (χ1v) is 7.79. The lowest BCUT2D eigenvalue weighted by Crippen LogP contribution is -2.12. The van der Waals surface area contributed by atoms with Crippen LogP contribution in [0.1, 0.15) is 32.4 Å². The predicted octanol–water partition coefficient (Wildman–Crippen LogP) is 3.58. The summed E-state index contributed by atoms with van der Waals surface area (Å²) in [5.74, 6) is -2.92. The minimum atomic E-state index is -4.83. The van der Waals surface area contributed by atoms with Crippen molar-refractivity contribution in [2.45, 2.75) is 6.18 Å². The molecule has 3 rings (SSSR count). The molecular weight excluding hydrogens is 379 g/mol. The summed E-state index contributed by atoms with van der Waals surface area (Å²) in [5, 5.41) is 5.68. The Balaban J connectivity index is 1.69. The summed E-state index contributed by atoms with van der Waals surface area (Å²) in [7, 11) is 1.51. The number of rotatable bonds is 5. The summed E-state index contributed by atoms with van der Waals surface area (Å²) in [5.41, 5.74) is 0.825.